The van der Waals surface area contributed by atoms with E-state index in [1.165, 1.54) is 16.4 Å². The molecule has 3 rings (SSSR count). The minimum atomic E-state index is -0.130. The zero-order chi connectivity index (χ0) is 19.9. The van der Waals surface area contributed by atoms with E-state index in [1.54, 1.807) is 7.11 Å². The van der Waals surface area contributed by atoms with Gasteiger partial charge in [0.25, 0.3) is 0 Å². The van der Waals surface area contributed by atoms with E-state index in [9.17, 15) is 4.79 Å². The molecule has 0 radical (unpaired) electrons. The second-order valence-electron chi connectivity index (χ2n) is 6.05. The Morgan fingerprint density at radius 1 is 1.11 bits per heavy atom. The lowest BCUT2D eigenvalue weighted by atomic mass is 10.2. The van der Waals surface area contributed by atoms with Crippen LogP contribution in [-0.2, 0) is 11.3 Å². The van der Waals surface area contributed by atoms with Crippen molar-refractivity contribution in [2.24, 2.45) is 0 Å². The van der Waals surface area contributed by atoms with Crippen molar-refractivity contribution >= 4 is 29.0 Å². The fourth-order valence-corrected chi connectivity index (χ4v) is 3.06. The minimum Gasteiger partial charge on any atom is -0.497 e. The Balaban J connectivity index is 1.50. The Kier molecular flexibility index (Phi) is 6.38. The maximum Gasteiger partial charge on any atom is 0.234 e. The quantitative estimate of drug-likeness (QED) is 0.395. The Labute approximate surface area is 167 Å². The first-order valence-corrected chi connectivity index (χ1v) is 9.60. The highest BCUT2D eigenvalue weighted by Crippen LogP contribution is 2.18. The summed E-state index contributed by atoms with van der Waals surface area (Å²) >= 11 is 1.23. The Hall–Kier alpha value is -3.20. The Morgan fingerprint density at radius 2 is 1.79 bits per heavy atom. The van der Waals surface area contributed by atoms with Crippen LogP contribution in [0.1, 0.15) is 11.4 Å². The van der Waals surface area contributed by atoms with Gasteiger partial charge in [-0.15, -0.1) is 10.2 Å². The van der Waals surface area contributed by atoms with E-state index < -0.39 is 0 Å². The molecule has 0 unspecified atom stereocenters. The van der Waals surface area contributed by atoms with Crippen molar-refractivity contribution < 1.29 is 9.53 Å². The molecule has 1 amide bonds. The molecular formula is C19H22N6O2S. The third-order valence-corrected chi connectivity index (χ3v) is 4.89. The minimum absolute atomic E-state index is 0.130. The number of thioether (sulfide) groups is 1. The smallest absolute Gasteiger partial charge is 0.234 e. The van der Waals surface area contributed by atoms with Crippen LogP contribution >= 0.6 is 11.8 Å². The van der Waals surface area contributed by atoms with Gasteiger partial charge in [-0.1, -0.05) is 29.5 Å². The third kappa shape index (κ3) is 5.17. The van der Waals surface area contributed by atoms with E-state index in [2.05, 4.69) is 20.8 Å². The molecule has 9 heteroatoms. The van der Waals surface area contributed by atoms with Crippen molar-refractivity contribution in [2.45, 2.75) is 18.6 Å². The fraction of sp³-hybridized carbons (Fsp3) is 0.211. The zero-order valence-corrected chi connectivity index (χ0v) is 16.5. The van der Waals surface area contributed by atoms with Crippen LogP contribution in [0.25, 0.3) is 0 Å². The van der Waals surface area contributed by atoms with Crippen LogP contribution in [0.5, 0.6) is 5.75 Å². The van der Waals surface area contributed by atoms with Crippen LogP contribution in [0.15, 0.2) is 53.7 Å². The van der Waals surface area contributed by atoms with E-state index in [4.69, 9.17) is 10.6 Å². The van der Waals surface area contributed by atoms with Crippen LogP contribution in [0.4, 0.5) is 11.4 Å². The highest BCUT2D eigenvalue weighted by molar-refractivity contribution is 7.99. The Bertz CT molecular complexity index is 925. The number of ether oxygens (including phenoxy) is 1. The number of aromatic nitrogens is 3. The van der Waals surface area contributed by atoms with Crippen LogP contribution < -0.4 is 21.2 Å². The average molecular weight is 398 g/mol. The van der Waals surface area contributed by atoms with Gasteiger partial charge in [0.05, 0.1) is 19.4 Å². The summed E-state index contributed by atoms with van der Waals surface area (Å²) in [6.45, 7) is 2.41. The van der Waals surface area contributed by atoms with Gasteiger partial charge < -0.3 is 21.2 Å². The van der Waals surface area contributed by atoms with Gasteiger partial charge >= 0.3 is 0 Å². The van der Waals surface area contributed by atoms with E-state index in [-0.39, 0.29) is 11.7 Å². The molecule has 1 heterocycles. The number of hydrogen-bond acceptors (Lipinski definition) is 7. The molecule has 0 aliphatic carbocycles. The molecule has 4 N–H and O–H groups in total. The van der Waals surface area contributed by atoms with Crippen LogP contribution in [0, 0.1) is 6.92 Å². The molecule has 0 saturated heterocycles. The summed E-state index contributed by atoms with van der Waals surface area (Å²) in [5.74, 6) is 7.46. The summed E-state index contributed by atoms with van der Waals surface area (Å²) in [6.07, 6.45) is 0. The third-order valence-electron chi connectivity index (χ3n) is 3.94. The van der Waals surface area contributed by atoms with Gasteiger partial charge in [0.15, 0.2) is 5.82 Å². The monoisotopic (exact) mass is 398 g/mol. The molecule has 0 spiro atoms. The van der Waals surface area contributed by atoms with Gasteiger partial charge in [-0.3, -0.25) is 4.79 Å². The van der Waals surface area contributed by atoms with Crippen molar-refractivity contribution in [1.82, 2.24) is 14.9 Å². The number of nitrogens with zero attached hydrogens (tertiary/aromatic N) is 3. The fourth-order valence-electron chi connectivity index (χ4n) is 2.38. The van der Waals surface area contributed by atoms with Crippen LogP contribution in [0.3, 0.4) is 0 Å². The summed E-state index contributed by atoms with van der Waals surface area (Å²) in [7, 11) is 1.62. The summed E-state index contributed by atoms with van der Waals surface area (Å²) in [5.41, 5.74) is 2.81. The number of anilines is 2. The van der Waals surface area contributed by atoms with E-state index in [1.807, 2.05) is 55.5 Å². The molecule has 0 aliphatic heterocycles. The number of aryl methyl sites for hydroxylation is 1. The molecular weight excluding hydrogens is 376 g/mol. The molecule has 3 aromatic rings. The molecule has 8 nitrogen and oxygen atoms in total. The van der Waals surface area contributed by atoms with Gasteiger partial charge in [0, 0.05) is 11.4 Å². The average Bonchev–Trinajstić information content (AvgIpc) is 3.06. The number of carbonyl (C=O) groups is 1. The second kappa shape index (κ2) is 9.14. The number of carbonyl (C=O) groups excluding carboxylic acids is 1. The van der Waals surface area contributed by atoms with Crippen molar-refractivity contribution in [3.05, 3.63) is 59.9 Å². The maximum atomic E-state index is 12.1. The molecule has 2 aromatic carbocycles. The molecule has 146 valence electrons. The van der Waals surface area contributed by atoms with Crippen molar-refractivity contribution in [3.63, 3.8) is 0 Å². The summed E-state index contributed by atoms with van der Waals surface area (Å²) < 4.78 is 6.52. The molecule has 0 saturated carbocycles. The van der Waals surface area contributed by atoms with Gasteiger partial charge in [-0.05, 0) is 43.3 Å². The number of nitrogen functional groups attached to an aromatic ring is 1. The topological polar surface area (TPSA) is 107 Å². The van der Waals surface area contributed by atoms with Crippen molar-refractivity contribution in [2.75, 3.05) is 29.3 Å². The highest BCUT2D eigenvalue weighted by atomic mass is 32.2. The Morgan fingerprint density at radius 3 is 2.46 bits per heavy atom. The van der Waals surface area contributed by atoms with E-state index in [0.29, 0.717) is 17.5 Å². The molecule has 0 fully saturated rings. The van der Waals surface area contributed by atoms with Crippen molar-refractivity contribution in [1.29, 1.82) is 0 Å². The lowest BCUT2D eigenvalue weighted by molar-refractivity contribution is -0.113. The first-order chi connectivity index (χ1) is 13.5. The van der Waals surface area contributed by atoms with Gasteiger partial charge in [-0.25, -0.2) is 4.68 Å². The van der Waals surface area contributed by atoms with Crippen LogP contribution in [0.2, 0.25) is 0 Å². The normalized spacial score (nSPS) is 10.5. The molecule has 0 bridgehead atoms. The highest BCUT2D eigenvalue weighted by Gasteiger charge is 2.12. The lowest BCUT2D eigenvalue weighted by Crippen LogP contribution is -2.18. The number of rotatable bonds is 8. The summed E-state index contributed by atoms with van der Waals surface area (Å²) in [5, 5.41) is 14.7. The van der Waals surface area contributed by atoms with Gasteiger partial charge in [0.1, 0.15) is 5.75 Å². The first kappa shape index (κ1) is 19.6. The predicted octanol–water partition coefficient (Wildman–Crippen LogP) is 2.65. The number of nitrogens with one attached hydrogen (secondary N) is 2. The molecule has 0 atom stereocenters. The summed E-state index contributed by atoms with van der Waals surface area (Å²) in [4.78, 5) is 12.1. The standard InChI is InChI=1S/C19H22N6O2S/c1-13-3-5-15(6-4-13)22-18(26)12-28-19-24-23-17(25(19)20)11-21-14-7-9-16(27-2)10-8-14/h3-10,21H,11-12,20H2,1-2H3,(H,22,26). The van der Waals surface area contributed by atoms with Crippen molar-refractivity contribution in [3.8, 4) is 5.75 Å². The maximum absolute atomic E-state index is 12.1. The number of amides is 1. The number of hydrogen-bond donors (Lipinski definition) is 3. The first-order valence-electron chi connectivity index (χ1n) is 8.62. The molecule has 1 aromatic heterocycles. The second-order valence-corrected chi connectivity index (χ2v) is 7.00. The number of methoxy groups -OCH3 is 1. The van der Waals surface area contributed by atoms with Crippen LogP contribution in [-0.4, -0.2) is 33.6 Å². The molecule has 28 heavy (non-hydrogen) atoms. The van der Waals surface area contributed by atoms with Gasteiger partial charge in [0.2, 0.25) is 11.1 Å². The zero-order valence-electron chi connectivity index (χ0n) is 15.7. The SMILES string of the molecule is COc1ccc(NCc2nnc(SCC(=O)Nc3ccc(C)cc3)n2N)cc1. The number of benzene rings is 2. The van der Waals surface area contributed by atoms with Gasteiger partial charge in [-0.2, -0.15) is 0 Å². The lowest BCUT2D eigenvalue weighted by Gasteiger charge is -2.08. The molecule has 0 aliphatic rings. The largest absolute Gasteiger partial charge is 0.497 e. The predicted molar refractivity (Wildman–Crippen MR) is 111 cm³/mol. The van der Waals surface area contributed by atoms with E-state index >= 15 is 0 Å². The summed E-state index contributed by atoms with van der Waals surface area (Å²) in [6, 6.07) is 15.2. The van der Waals surface area contributed by atoms with E-state index in [0.717, 1.165) is 22.7 Å². The number of nitrogens with two attached hydrogens (primary N) is 1.